The molecule has 0 fully saturated rings. The molecule has 4 nitrogen and oxygen atoms in total. The van der Waals surface area contributed by atoms with Crippen LogP contribution < -0.4 is 5.32 Å². The van der Waals surface area contributed by atoms with Crippen LogP contribution in [-0.4, -0.2) is 49.7 Å². The van der Waals surface area contributed by atoms with Gasteiger partial charge in [-0.1, -0.05) is 32.0 Å². The Kier molecular flexibility index (Phi) is 7.92. The number of benzene rings is 1. The number of carbonyl (C=O) groups excluding carboxylic acids is 1. The third-order valence-electron chi connectivity index (χ3n) is 3.29. The van der Waals surface area contributed by atoms with Crippen molar-refractivity contribution < 1.29 is 9.53 Å². The Hall–Kier alpha value is -1.39. The van der Waals surface area contributed by atoms with Gasteiger partial charge in [0.1, 0.15) is 6.61 Å². The number of rotatable bonds is 9. The first-order chi connectivity index (χ1) is 9.67. The van der Waals surface area contributed by atoms with E-state index in [0.29, 0.717) is 12.2 Å². The van der Waals surface area contributed by atoms with Crippen molar-refractivity contribution in [2.24, 2.45) is 0 Å². The number of hydrogen-bond acceptors (Lipinski definition) is 4. The first-order valence-corrected chi connectivity index (χ1v) is 7.35. The number of nitrogens with zero attached hydrogens (tertiary/aromatic N) is 1. The van der Waals surface area contributed by atoms with Gasteiger partial charge in [0.25, 0.3) is 0 Å². The summed E-state index contributed by atoms with van der Waals surface area (Å²) in [6.07, 6.45) is 0. The fourth-order valence-corrected chi connectivity index (χ4v) is 1.93. The smallest absolute Gasteiger partial charge is 0.338 e. The molecule has 0 amide bonds. The summed E-state index contributed by atoms with van der Waals surface area (Å²) in [6.45, 7) is 10.8. The Bertz CT molecular complexity index is 377. The Morgan fingerprint density at radius 3 is 2.50 bits per heavy atom. The van der Waals surface area contributed by atoms with Gasteiger partial charge in [0.15, 0.2) is 0 Å². The second kappa shape index (κ2) is 9.50. The maximum Gasteiger partial charge on any atom is 0.338 e. The zero-order valence-electron chi connectivity index (χ0n) is 12.8. The summed E-state index contributed by atoms with van der Waals surface area (Å²) in [6, 6.07) is 9.25. The van der Waals surface area contributed by atoms with Crippen LogP contribution in [0, 0.1) is 0 Å². The monoisotopic (exact) mass is 278 g/mol. The van der Waals surface area contributed by atoms with Gasteiger partial charge in [-0.3, -0.25) is 0 Å². The van der Waals surface area contributed by atoms with Crippen LogP contribution in [0.5, 0.6) is 0 Å². The van der Waals surface area contributed by atoms with Gasteiger partial charge in [-0.15, -0.1) is 0 Å². The lowest BCUT2D eigenvalue weighted by molar-refractivity contribution is 0.0471. The summed E-state index contributed by atoms with van der Waals surface area (Å²) in [5, 5.41) is 3.37. The van der Waals surface area contributed by atoms with E-state index < -0.39 is 0 Å². The Balaban J connectivity index is 2.20. The normalized spacial score (nSPS) is 12.4. The van der Waals surface area contributed by atoms with Crippen molar-refractivity contribution in [1.29, 1.82) is 0 Å². The highest BCUT2D eigenvalue weighted by atomic mass is 16.5. The van der Waals surface area contributed by atoms with Gasteiger partial charge >= 0.3 is 5.97 Å². The molecule has 0 aromatic heterocycles. The summed E-state index contributed by atoms with van der Waals surface area (Å²) < 4.78 is 5.29. The standard InChI is InChI=1S/C16H26N2O2/c1-4-18(5-2)12-11-17-14(3)13-20-16(19)15-9-7-6-8-10-15/h6-10,14,17H,4-5,11-13H2,1-3H3. The van der Waals surface area contributed by atoms with Crippen LogP contribution in [0.15, 0.2) is 30.3 Å². The summed E-state index contributed by atoms with van der Waals surface area (Å²) >= 11 is 0. The van der Waals surface area contributed by atoms with Crippen molar-refractivity contribution in [3.05, 3.63) is 35.9 Å². The van der Waals surface area contributed by atoms with E-state index in [-0.39, 0.29) is 12.0 Å². The molecule has 1 aromatic carbocycles. The molecule has 0 bridgehead atoms. The quantitative estimate of drug-likeness (QED) is 0.703. The van der Waals surface area contributed by atoms with Gasteiger partial charge in [-0.05, 0) is 32.1 Å². The Labute approximate surface area is 122 Å². The van der Waals surface area contributed by atoms with E-state index in [4.69, 9.17) is 4.74 Å². The topological polar surface area (TPSA) is 41.6 Å². The summed E-state index contributed by atoms with van der Waals surface area (Å²) in [7, 11) is 0. The van der Waals surface area contributed by atoms with Crippen LogP contribution in [-0.2, 0) is 4.74 Å². The fourth-order valence-electron chi connectivity index (χ4n) is 1.93. The molecule has 0 aliphatic carbocycles. The van der Waals surface area contributed by atoms with Gasteiger partial charge < -0.3 is 15.0 Å². The van der Waals surface area contributed by atoms with Gasteiger partial charge in [0, 0.05) is 19.1 Å². The highest BCUT2D eigenvalue weighted by Gasteiger charge is 2.09. The van der Waals surface area contributed by atoms with Crippen LogP contribution in [0.2, 0.25) is 0 Å². The van der Waals surface area contributed by atoms with Crippen molar-refractivity contribution in [2.45, 2.75) is 26.8 Å². The van der Waals surface area contributed by atoms with Crippen molar-refractivity contribution >= 4 is 5.97 Å². The fraction of sp³-hybridized carbons (Fsp3) is 0.562. The maximum absolute atomic E-state index is 11.8. The molecular formula is C16H26N2O2. The Morgan fingerprint density at radius 2 is 1.90 bits per heavy atom. The molecule has 0 aliphatic heterocycles. The van der Waals surface area contributed by atoms with Crippen molar-refractivity contribution in [2.75, 3.05) is 32.8 Å². The number of nitrogens with one attached hydrogen (secondary N) is 1. The molecule has 0 heterocycles. The van der Waals surface area contributed by atoms with E-state index in [0.717, 1.165) is 26.2 Å². The second-order valence-corrected chi connectivity index (χ2v) is 4.85. The average Bonchev–Trinajstić information content (AvgIpc) is 2.50. The first-order valence-electron chi connectivity index (χ1n) is 7.35. The van der Waals surface area contributed by atoms with E-state index in [1.54, 1.807) is 12.1 Å². The molecular weight excluding hydrogens is 252 g/mol. The summed E-state index contributed by atoms with van der Waals surface area (Å²) in [5.41, 5.74) is 0.600. The first kappa shape index (κ1) is 16.7. The molecule has 112 valence electrons. The van der Waals surface area contributed by atoms with Gasteiger partial charge in [-0.2, -0.15) is 0 Å². The van der Waals surface area contributed by atoms with Crippen LogP contribution in [0.25, 0.3) is 0 Å². The molecule has 1 atom stereocenters. The van der Waals surface area contributed by atoms with Crippen molar-refractivity contribution in [3.8, 4) is 0 Å². The lowest BCUT2D eigenvalue weighted by atomic mass is 10.2. The molecule has 20 heavy (non-hydrogen) atoms. The van der Waals surface area contributed by atoms with Gasteiger partial charge in [-0.25, -0.2) is 4.79 Å². The number of esters is 1. The lowest BCUT2D eigenvalue weighted by Gasteiger charge is -2.20. The molecule has 1 rings (SSSR count). The largest absolute Gasteiger partial charge is 0.460 e. The third kappa shape index (κ3) is 6.17. The minimum atomic E-state index is -0.261. The molecule has 1 unspecified atom stereocenters. The summed E-state index contributed by atoms with van der Waals surface area (Å²) in [4.78, 5) is 14.1. The highest BCUT2D eigenvalue weighted by molar-refractivity contribution is 5.89. The SMILES string of the molecule is CCN(CC)CCNC(C)COC(=O)c1ccccc1. The molecule has 0 spiro atoms. The predicted octanol–water partition coefficient (Wildman–Crippen LogP) is 2.16. The third-order valence-corrected chi connectivity index (χ3v) is 3.29. The van der Waals surface area contributed by atoms with E-state index in [1.807, 2.05) is 25.1 Å². The van der Waals surface area contributed by atoms with Crippen LogP contribution in [0.1, 0.15) is 31.1 Å². The van der Waals surface area contributed by atoms with Crippen molar-refractivity contribution in [1.82, 2.24) is 10.2 Å². The summed E-state index contributed by atoms with van der Waals surface area (Å²) in [5.74, 6) is -0.261. The molecule has 0 aliphatic rings. The number of hydrogen-bond donors (Lipinski definition) is 1. The van der Waals surface area contributed by atoms with E-state index >= 15 is 0 Å². The predicted molar refractivity (Wildman–Crippen MR) is 82.0 cm³/mol. The van der Waals surface area contributed by atoms with Crippen molar-refractivity contribution in [3.63, 3.8) is 0 Å². The van der Waals surface area contributed by atoms with E-state index in [1.165, 1.54) is 0 Å². The van der Waals surface area contributed by atoms with E-state index in [2.05, 4.69) is 24.1 Å². The molecule has 1 N–H and O–H groups in total. The molecule has 0 saturated heterocycles. The number of likely N-dealkylation sites (N-methyl/N-ethyl adjacent to an activating group) is 1. The van der Waals surface area contributed by atoms with Crippen LogP contribution >= 0.6 is 0 Å². The molecule has 4 heteroatoms. The second-order valence-electron chi connectivity index (χ2n) is 4.85. The van der Waals surface area contributed by atoms with Gasteiger partial charge in [0.2, 0.25) is 0 Å². The molecule has 0 radical (unpaired) electrons. The van der Waals surface area contributed by atoms with Crippen LogP contribution in [0.4, 0.5) is 0 Å². The van der Waals surface area contributed by atoms with E-state index in [9.17, 15) is 4.79 Å². The number of ether oxygens (including phenoxy) is 1. The average molecular weight is 278 g/mol. The molecule has 0 saturated carbocycles. The minimum Gasteiger partial charge on any atom is -0.460 e. The highest BCUT2D eigenvalue weighted by Crippen LogP contribution is 2.01. The molecule has 1 aromatic rings. The minimum absolute atomic E-state index is 0.165. The Morgan fingerprint density at radius 1 is 1.25 bits per heavy atom. The zero-order valence-corrected chi connectivity index (χ0v) is 12.8. The lowest BCUT2D eigenvalue weighted by Crippen LogP contribution is -2.38. The van der Waals surface area contributed by atoms with Crippen LogP contribution in [0.3, 0.4) is 0 Å². The maximum atomic E-state index is 11.8. The number of carbonyl (C=O) groups is 1. The zero-order chi connectivity index (χ0) is 14.8. The van der Waals surface area contributed by atoms with Gasteiger partial charge in [0.05, 0.1) is 5.56 Å².